The van der Waals surface area contributed by atoms with Crippen LogP contribution in [0.3, 0.4) is 0 Å². The van der Waals surface area contributed by atoms with E-state index in [1.54, 1.807) is 26.0 Å². The zero-order valence-corrected chi connectivity index (χ0v) is 16.1. The number of benzene rings is 1. The van der Waals surface area contributed by atoms with Crippen LogP contribution in [-0.2, 0) is 14.8 Å². The highest BCUT2D eigenvalue weighted by Crippen LogP contribution is 2.30. The highest BCUT2D eigenvalue weighted by Gasteiger charge is 2.34. The van der Waals surface area contributed by atoms with E-state index in [0.29, 0.717) is 5.76 Å². The molecule has 1 aromatic heterocycles. The number of nitro groups is 1. The first-order valence-corrected chi connectivity index (χ1v) is 9.98. The number of rotatable bonds is 6. The largest absolute Gasteiger partial charge is 0.463 e. The molecule has 0 amide bonds. The molecule has 0 unspecified atom stereocenters. The Morgan fingerprint density at radius 3 is 2.61 bits per heavy atom. The van der Waals surface area contributed by atoms with Crippen LogP contribution < -0.4 is 5.43 Å². The third kappa shape index (κ3) is 4.38. The summed E-state index contributed by atoms with van der Waals surface area (Å²) < 4.78 is 38.4. The average molecular weight is 408 g/mol. The minimum Gasteiger partial charge on any atom is -0.463 e. The van der Waals surface area contributed by atoms with Crippen molar-refractivity contribution in [3.05, 3.63) is 52.5 Å². The number of morpholine rings is 1. The Kier molecular flexibility index (Phi) is 5.77. The van der Waals surface area contributed by atoms with Crippen molar-refractivity contribution >= 4 is 27.6 Å². The van der Waals surface area contributed by atoms with Gasteiger partial charge in [-0.2, -0.15) is 9.41 Å². The van der Waals surface area contributed by atoms with Crippen LogP contribution in [0, 0.1) is 10.1 Å². The van der Waals surface area contributed by atoms with Gasteiger partial charge in [0.15, 0.2) is 0 Å². The molecular weight excluding hydrogens is 388 g/mol. The van der Waals surface area contributed by atoms with Gasteiger partial charge in [0.25, 0.3) is 5.69 Å². The molecule has 2 atom stereocenters. The van der Waals surface area contributed by atoms with Crippen molar-refractivity contribution in [1.82, 2.24) is 4.31 Å². The van der Waals surface area contributed by atoms with E-state index in [9.17, 15) is 18.5 Å². The number of sulfonamides is 1. The monoisotopic (exact) mass is 408 g/mol. The average Bonchev–Trinajstić information content (AvgIpc) is 3.14. The summed E-state index contributed by atoms with van der Waals surface area (Å²) in [5, 5.41) is 15.1. The minimum absolute atomic E-state index is 0.125. The summed E-state index contributed by atoms with van der Waals surface area (Å²) in [5.74, 6) is 0.467. The zero-order valence-electron chi connectivity index (χ0n) is 15.3. The van der Waals surface area contributed by atoms with Crippen LogP contribution in [0.5, 0.6) is 0 Å². The van der Waals surface area contributed by atoms with Crippen molar-refractivity contribution in [3.8, 4) is 0 Å². The first-order chi connectivity index (χ1) is 13.3. The van der Waals surface area contributed by atoms with Crippen molar-refractivity contribution in [1.29, 1.82) is 0 Å². The second-order valence-electron chi connectivity index (χ2n) is 6.40. The molecule has 0 saturated carbocycles. The normalized spacial score (nSPS) is 21.1. The molecule has 10 nitrogen and oxygen atoms in total. The number of ether oxygens (including phenoxy) is 1. The number of non-ortho nitro benzene ring substituents is 1. The maximum Gasteiger partial charge on any atom is 0.270 e. The molecule has 0 aliphatic carbocycles. The maximum absolute atomic E-state index is 13.2. The fourth-order valence-corrected chi connectivity index (χ4v) is 4.68. The molecule has 0 spiro atoms. The highest BCUT2D eigenvalue weighted by atomic mass is 32.2. The first kappa shape index (κ1) is 20.0. The summed E-state index contributed by atoms with van der Waals surface area (Å²) in [6, 6.07) is 6.93. The molecule has 11 heteroatoms. The van der Waals surface area contributed by atoms with Crippen molar-refractivity contribution in [2.75, 3.05) is 18.5 Å². The molecular formula is C17H20N4O6S. The lowest BCUT2D eigenvalue weighted by Gasteiger charge is -2.34. The Balaban J connectivity index is 1.96. The summed E-state index contributed by atoms with van der Waals surface area (Å²) in [6.07, 6.45) is 2.27. The van der Waals surface area contributed by atoms with Crippen molar-refractivity contribution in [2.24, 2.45) is 5.10 Å². The molecule has 0 bridgehead atoms. The Hall–Kier alpha value is -2.76. The van der Waals surface area contributed by atoms with Gasteiger partial charge in [0.1, 0.15) is 10.7 Å². The summed E-state index contributed by atoms with van der Waals surface area (Å²) in [7, 11) is -4.01. The summed E-state index contributed by atoms with van der Waals surface area (Å²) >= 11 is 0. The second-order valence-corrected chi connectivity index (χ2v) is 8.31. The van der Waals surface area contributed by atoms with Crippen LogP contribution in [0.25, 0.3) is 0 Å². The molecule has 0 radical (unpaired) electrons. The van der Waals surface area contributed by atoms with Gasteiger partial charge < -0.3 is 9.15 Å². The molecule has 1 aliphatic rings. The van der Waals surface area contributed by atoms with E-state index in [0.717, 1.165) is 6.07 Å². The predicted octanol–water partition coefficient (Wildman–Crippen LogP) is 2.43. The molecule has 1 N–H and O–H groups in total. The van der Waals surface area contributed by atoms with Crippen molar-refractivity contribution < 1.29 is 22.5 Å². The van der Waals surface area contributed by atoms with Gasteiger partial charge in [-0.05, 0) is 32.0 Å². The molecule has 1 aromatic carbocycles. The minimum atomic E-state index is -4.01. The topological polar surface area (TPSA) is 127 Å². The zero-order chi connectivity index (χ0) is 20.3. The fraction of sp³-hybridized carbons (Fsp3) is 0.353. The predicted molar refractivity (Wildman–Crippen MR) is 102 cm³/mol. The Morgan fingerprint density at radius 1 is 1.29 bits per heavy atom. The van der Waals surface area contributed by atoms with Crippen LogP contribution in [0.2, 0.25) is 0 Å². The quantitative estimate of drug-likeness (QED) is 0.442. The number of hydrogen-bond donors (Lipinski definition) is 1. The maximum atomic E-state index is 13.2. The summed E-state index contributed by atoms with van der Waals surface area (Å²) in [5.41, 5.74) is 2.43. The van der Waals surface area contributed by atoms with Gasteiger partial charge in [-0.25, -0.2) is 8.42 Å². The smallest absolute Gasteiger partial charge is 0.270 e. The van der Waals surface area contributed by atoms with Crippen LogP contribution in [0.1, 0.15) is 19.6 Å². The van der Waals surface area contributed by atoms with E-state index in [1.165, 1.54) is 28.9 Å². The third-order valence-electron chi connectivity index (χ3n) is 4.10. The van der Waals surface area contributed by atoms with E-state index in [2.05, 4.69) is 10.5 Å². The molecule has 1 aliphatic heterocycles. The van der Waals surface area contributed by atoms with Gasteiger partial charge in [0.2, 0.25) is 10.0 Å². The van der Waals surface area contributed by atoms with Crippen LogP contribution in [0.4, 0.5) is 11.4 Å². The van der Waals surface area contributed by atoms with Gasteiger partial charge >= 0.3 is 0 Å². The van der Waals surface area contributed by atoms with Crippen molar-refractivity contribution in [3.63, 3.8) is 0 Å². The lowest BCUT2D eigenvalue weighted by Crippen LogP contribution is -2.48. The number of hydrazone groups is 1. The molecule has 150 valence electrons. The first-order valence-electron chi connectivity index (χ1n) is 8.54. The lowest BCUT2D eigenvalue weighted by molar-refractivity contribution is -0.385. The number of nitrogens with one attached hydrogen (secondary N) is 1. The van der Waals surface area contributed by atoms with Gasteiger partial charge in [-0.15, -0.1) is 0 Å². The summed E-state index contributed by atoms with van der Waals surface area (Å²) in [6.45, 7) is 3.87. The standard InChI is InChI=1S/C17H20N4O6S/c1-12-10-20(11-13(2)27-12)28(24,25)17-8-14(21(22)23)5-6-16(17)19-18-9-15-4-3-7-26-15/h3-9,12-13,19H,10-11H2,1-2H3/b18-9-/t12-,13-/m0/s1. The number of hydrogen-bond acceptors (Lipinski definition) is 8. The molecule has 28 heavy (non-hydrogen) atoms. The van der Waals surface area contributed by atoms with Crippen LogP contribution >= 0.6 is 0 Å². The van der Waals surface area contributed by atoms with Gasteiger partial charge in [0.05, 0.1) is 35.3 Å². The Labute approximate surface area is 162 Å². The molecule has 1 saturated heterocycles. The third-order valence-corrected chi connectivity index (χ3v) is 5.97. The van der Waals surface area contributed by atoms with Crippen LogP contribution in [0.15, 0.2) is 51.0 Å². The van der Waals surface area contributed by atoms with E-state index < -0.39 is 14.9 Å². The van der Waals surface area contributed by atoms with Gasteiger partial charge in [-0.3, -0.25) is 15.5 Å². The van der Waals surface area contributed by atoms with E-state index in [1.807, 2.05) is 0 Å². The van der Waals surface area contributed by atoms with Gasteiger partial charge in [-0.1, -0.05) is 0 Å². The van der Waals surface area contributed by atoms with Gasteiger partial charge in [0, 0.05) is 25.2 Å². The highest BCUT2D eigenvalue weighted by molar-refractivity contribution is 7.89. The molecule has 2 heterocycles. The number of nitrogens with zero attached hydrogens (tertiary/aromatic N) is 3. The summed E-state index contributed by atoms with van der Waals surface area (Å²) in [4.78, 5) is 10.3. The fourth-order valence-electron chi connectivity index (χ4n) is 2.93. The number of furan rings is 1. The Bertz CT molecular complexity index is 964. The van der Waals surface area contributed by atoms with E-state index in [-0.39, 0.29) is 41.6 Å². The number of nitro benzene ring substituents is 1. The Morgan fingerprint density at radius 2 is 2.00 bits per heavy atom. The second kappa shape index (κ2) is 8.09. The SMILES string of the molecule is C[C@H]1CN(S(=O)(=O)c2cc([N+](=O)[O-])ccc2N/N=C\c2ccco2)C[C@H](C)O1. The number of anilines is 1. The lowest BCUT2D eigenvalue weighted by atomic mass is 10.3. The van der Waals surface area contributed by atoms with E-state index >= 15 is 0 Å². The molecule has 2 aromatic rings. The molecule has 1 fully saturated rings. The van der Waals surface area contributed by atoms with Crippen LogP contribution in [-0.4, -0.2) is 49.2 Å². The van der Waals surface area contributed by atoms with Crippen molar-refractivity contribution in [2.45, 2.75) is 31.0 Å². The van der Waals surface area contributed by atoms with E-state index in [4.69, 9.17) is 9.15 Å². The molecule has 3 rings (SSSR count).